The van der Waals surface area contributed by atoms with Crippen molar-refractivity contribution >= 4 is 11.7 Å². The van der Waals surface area contributed by atoms with E-state index in [4.69, 9.17) is 5.73 Å². The molecule has 0 aromatic heterocycles. The molecule has 0 bridgehead atoms. The number of primary amides is 1. The van der Waals surface area contributed by atoms with Gasteiger partial charge in [0.25, 0.3) is 0 Å². The number of rotatable bonds is 6. The van der Waals surface area contributed by atoms with Crippen LogP contribution in [-0.4, -0.2) is 11.7 Å². The third kappa shape index (κ3) is 3.90. The highest BCUT2D eigenvalue weighted by molar-refractivity contribution is 5.84. The standard InChI is InChI=1S/C11H21NO2/c1-8(2)11(3,4)9(13)6-5-7-10(12)14/h8H,5-7H2,1-4H3,(H2,12,14). The average Bonchev–Trinajstić information content (AvgIpc) is 2.02. The molecule has 0 fully saturated rings. The summed E-state index contributed by atoms with van der Waals surface area (Å²) in [6.07, 6.45) is 1.33. The molecule has 3 nitrogen and oxygen atoms in total. The number of nitrogens with two attached hydrogens (primary N) is 1. The number of Topliss-reactive ketones (excluding diaryl/α,β-unsaturated/α-hetero) is 1. The van der Waals surface area contributed by atoms with E-state index in [1.165, 1.54) is 0 Å². The van der Waals surface area contributed by atoms with Crippen molar-refractivity contribution in [3.8, 4) is 0 Å². The Kier molecular flexibility index (Phi) is 4.81. The molecule has 1 amide bonds. The van der Waals surface area contributed by atoms with E-state index in [1.807, 2.05) is 27.7 Å². The van der Waals surface area contributed by atoms with Gasteiger partial charge in [-0.1, -0.05) is 27.7 Å². The predicted octanol–water partition coefficient (Wildman–Crippen LogP) is 1.89. The van der Waals surface area contributed by atoms with Crippen molar-refractivity contribution in [1.82, 2.24) is 0 Å². The van der Waals surface area contributed by atoms with E-state index >= 15 is 0 Å². The monoisotopic (exact) mass is 199 g/mol. The maximum Gasteiger partial charge on any atom is 0.217 e. The molecule has 2 N–H and O–H groups in total. The summed E-state index contributed by atoms with van der Waals surface area (Å²) in [6, 6.07) is 0. The highest BCUT2D eigenvalue weighted by atomic mass is 16.1. The Morgan fingerprint density at radius 3 is 2.07 bits per heavy atom. The molecule has 0 unspecified atom stereocenters. The minimum absolute atomic E-state index is 0.216. The summed E-state index contributed by atoms with van der Waals surface area (Å²) in [6.45, 7) is 7.96. The quantitative estimate of drug-likeness (QED) is 0.710. The van der Waals surface area contributed by atoms with E-state index in [0.29, 0.717) is 25.2 Å². The van der Waals surface area contributed by atoms with Crippen LogP contribution in [0.4, 0.5) is 0 Å². The molecule has 14 heavy (non-hydrogen) atoms. The molecule has 82 valence electrons. The lowest BCUT2D eigenvalue weighted by molar-refractivity contribution is -0.129. The molecular weight excluding hydrogens is 178 g/mol. The normalized spacial score (nSPS) is 11.8. The molecule has 0 atom stereocenters. The first-order chi connectivity index (χ1) is 6.28. The van der Waals surface area contributed by atoms with E-state index < -0.39 is 0 Å². The van der Waals surface area contributed by atoms with Crippen LogP contribution in [0.3, 0.4) is 0 Å². The minimum atomic E-state index is -0.333. The molecule has 0 saturated carbocycles. The van der Waals surface area contributed by atoms with E-state index in [2.05, 4.69) is 0 Å². The zero-order valence-electron chi connectivity index (χ0n) is 9.59. The van der Waals surface area contributed by atoms with Crippen molar-refractivity contribution in [2.75, 3.05) is 0 Å². The fourth-order valence-corrected chi connectivity index (χ4v) is 1.07. The van der Waals surface area contributed by atoms with E-state index in [0.717, 1.165) is 0 Å². The second-order valence-electron chi connectivity index (χ2n) is 4.62. The van der Waals surface area contributed by atoms with Crippen molar-refractivity contribution in [1.29, 1.82) is 0 Å². The van der Waals surface area contributed by atoms with Crippen molar-refractivity contribution in [2.24, 2.45) is 17.1 Å². The summed E-state index contributed by atoms with van der Waals surface area (Å²) < 4.78 is 0. The lowest BCUT2D eigenvalue weighted by Crippen LogP contribution is -2.30. The smallest absolute Gasteiger partial charge is 0.217 e. The topological polar surface area (TPSA) is 60.2 Å². The van der Waals surface area contributed by atoms with Gasteiger partial charge in [0, 0.05) is 18.3 Å². The Bertz CT molecular complexity index is 219. The van der Waals surface area contributed by atoms with Crippen LogP contribution in [0.5, 0.6) is 0 Å². The zero-order valence-corrected chi connectivity index (χ0v) is 9.59. The SMILES string of the molecule is CC(C)C(C)(C)C(=O)CCCC(N)=O. The Morgan fingerprint density at radius 2 is 1.71 bits per heavy atom. The first-order valence-electron chi connectivity index (χ1n) is 5.10. The van der Waals surface area contributed by atoms with Gasteiger partial charge in [0.2, 0.25) is 5.91 Å². The van der Waals surface area contributed by atoms with Gasteiger partial charge in [0.05, 0.1) is 0 Å². The Labute approximate surface area is 86.1 Å². The van der Waals surface area contributed by atoms with Gasteiger partial charge in [-0.2, -0.15) is 0 Å². The van der Waals surface area contributed by atoms with Gasteiger partial charge < -0.3 is 5.73 Å². The number of amides is 1. The highest BCUT2D eigenvalue weighted by Gasteiger charge is 2.30. The van der Waals surface area contributed by atoms with Crippen molar-refractivity contribution in [2.45, 2.75) is 47.0 Å². The molecule has 0 aromatic rings. The van der Waals surface area contributed by atoms with Crippen LogP contribution in [-0.2, 0) is 9.59 Å². The van der Waals surface area contributed by atoms with Gasteiger partial charge >= 0.3 is 0 Å². The molecule has 0 spiro atoms. The number of carbonyl (C=O) groups excluding carboxylic acids is 2. The summed E-state index contributed by atoms with van der Waals surface area (Å²) in [5.74, 6) is 0.206. The minimum Gasteiger partial charge on any atom is -0.370 e. The fourth-order valence-electron chi connectivity index (χ4n) is 1.07. The Hall–Kier alpha value is -0.860. The largest absolute Gasteiger partial charge is 0.370 e. The third-order valence-corrected chi connectivity index (χ3v) is 2.99. The number of hydrogen-bond acceptors (Lipinski definition) is 2. The molecule has 0 aliphatic carbocycles. The predicted molar refractivity (Wildman–Crippen MR) is 56.7 cm³/mol. The molecule has 0 aliphatic rings. The van der Waals surface area contributed by atoms with E-state index in [-0.39, 0.29) is 17.1 Å². The van der Waals surface area contributed by atoms with Gasteiger partial charge in [-0.3, -0.25) is 9.59 Å². The lowest BCUT2D eigenvalue weighted by atomic mass is 9.76. The molecule has 0 aromatic carbocycles. The van der Waals surface area contributed by atoms with E-state index in [1.54, 1.807) is 0 Å². The van der Waals surface area contributed by atoms with Crippen LogP contribution in [0.1, 0.15) is 47.0 Å². The van der Waals surface area contributed by atoms with Crippen LogP contribution in [0.15, 0.2) is 0 Å². The summed E-state index contributed by atoms with van der Waals surface area (Å²) in [5.41, 5.74) is 4.70. The summed E-state index contributed by atoms with van der Waals surface area (Å²) in [5, 5.41) is 0. The van der Waals surface area contributed by atoms with Crippen LogP contribution in [0.2, 0.25) is 0 Å². The van der Waals surface area contributed by atoms with Crippen LogP contribution in [0, 0.1) is 11.3 Å². The maximum absolute atomic E-state index is 11.7. The maximum atomic E-state index is 11.7. The second-order valence-corrected chi connectivity index (χ2v) is 4.62. The van der Waals surface area contributed by atoms with Gasteiger partial charge in [0.1, 0.15) is 5.78 Å². The molecule has 0 rings (SSSR count). The van der Waals surface area contributed by atoms with Crippen LogP contribution >= 0.6 is 0 Å². The average molecular weight is 199 g/mol. The molecule has 3 heteroatoms. The third-order valence-electron chi connectivity index (χ3n) is 2.99. The summed E-state index contributed by atoms with van der Waals surface area (Å²) in [4.78, 5) is 22.2. The molecule has 0 radical (unpaired) electrons. The number of ketones is 1. The van der Waals surface area contributed by atoms with Gasteiger partial charge in [0.15, 0.2) is 0 Å². The van der Waals surface area contributed by atoms with Crippen molar-refractivity contribution in [3.05, 3.63) is 0 Å². The number of hydrogen-bond donors (Lipinski definition) is 1. The first-order valence-corrected chi connectivity index (χ1v) is 5.10. The fraction of sp³-hybridized carbons (Fsp3) is 0.818. The molecule has 0 saturated heterocycles. The van der Waals surface area contributed by atoms with Gasteiger partial charge in [-0.25, -0.2) is 0 Å². The first kappa shape index (κ1) is 13.1. The van der Waals surface area contributed by atoms with Gasteiger partial charge in [-0.05, 0) is 12.3 Å². The van der Waals surface area contributed by atoms with Crippen LogP contribution in [0.25, 0.3) is 0 Å². The van der Waals surface area contributed by atoms with Crippen molar-refractivity contribution in [3.63, 3.8) is 0 Å². The second kappa shape index (κ2) is 5.13. The molecular formula is C11H21NO2. The van der Waals surface area contributed by atoms with Gasteiger partial charge in [-0.15, -0.1) is 0 Å². The van der Waals surface area contributed by atoms with E-state index in [9.17, 15) is 9.59 Å². The molecule has 0 heterocycles. The Balaban J connectivity index is 4.02. The molecule has 0 aliphatic heterocycles. The van der Waals surface area contributed by atoms with Crippen LogP contribution < -0.4 is 5.73 Å². The Morgan fingerprint density at radius 1 is 1.21 bits per heavy atom. The summed E-state index contributed by atoms with van der Waals surface area (Å²) in [7, 11) is 0. The highest BCUT2D eigenvalue weighted by Crippen LogP contribution is 2.28. The lowest BCUT2D eigenvalue weighted by Gasteiger charge is -2.27. The summed E-state index contributed by atoms with van der Waals surface area (Å²) >= 11 is 0. The van der Waals surface area contributed by atoms with Crippen molar-refractivity contribution < 1.29 is 9.59 Å². The zero-order chi connectivity index (χ0) is 11.4. The number of carbonyl (C=O) groups is 2.